The van der Waals surface area contributed by atoms with E-state index in [0.29, 0.717) is 5.69 Å². The van der Waals surface area contributed by atoms with E-state index >= 15 is 0 Å². The van der Waals surface area contributed by atoms with Gasteiger partial charge in [-0.2, -0.15) is 10.4 Å². The zero-order valence-corrected chi connectivity index (χ0v) is 16.4. The van der Waals surface area contributed by atoms with Crippen LogP contribution in [0.5, 0.6) is 0 Å². The first kappa shape index (κ1) is 21.1. The number of H-pyrrole nitrogens is 1. The minimum atomic E-state index is -0.884. The molecule has 1 saturated carbocycles. The van der Waals surface area contributed by atoms with Crippen LogP contribution in [-0.2, 0) is 0 Å². The minimum Gasteiger partial charge on any atom is -0.365 e. The Labute approximate surface area is 172 Å². The van der Waals surface area contributed by atoms with Gasteiger partial charge in [0.2, 0.25) is 5.95 Å². The van der Waals surface area contributed by atoms with Crippen LogP contribution < -0.4 is 33.1 Å². The number of amides is 1. The van der Waals surface area contributed by atoms with Gasteiger partial charge in [-0.15, -0.1) is 0 Å². The molecule has 158 valence electrons. The normalized spacial score (nSPS) is 18.8. The summed E-state index contributed by atoms with van der Waals surface area (Å²) in [7, 11) is 0. The summed E-state index contributed by atoms with van der Waals surface area (Å²) in [6, 6.07) is 7.08. The van der Waals surface area contributed by atoms with Crippen LogP contribution in [0.15, 0.2) is 34.2 Å². The number of quaternary nitrogens is 1. The molecule has 3 rings (SSSR count). The SMILES string of the molecule is N=C/C=N\[NH2+]c1cccc(Nc2nc(N[C@@H]3CCCC[C@@H]3N)[nH]c(=O)c2C(N)=O)c1. The van der Waals surface area contributed by atoms with Gasteiger partial charge in [-0.05, 0) is 18.9 Å². The van der Waals surface area contributed by atoms with Crippen molar-refractivity contribution in [2.75, 3.05) is 10.6 Å². The fourth-order valence-corrected chi connectivity index (χ4v) is 3.38. The number of nitrogens with two attached hydrogens (primary N) is 3. The molecule has 0 bridgehead atoms. The summed E-state index contributed by atoms with van der Waals surface area (Å²) in [6.45, 7) is 0. The molecule has 11 heteroatoms. The van der Waals surface area contributed by atoms with E-state index in [-0.39, 0.29) is 29.4 Å². The van der Waals surface area contributed by atoms with E-state index in [1.54, 1.807) is 23.6 Å². The molecule has 0 aliphatic heterocycles. The summed E-state index contributed by atoms with van der Waals surface area (Å²) in [5.41, 5.74) is 13.6. The van der Waals surface area contributed by atoms with Gasteiger partial charge in [-0.25, -0.2) is 0 Å². The number of aromatic amines is 1. The Morgan fingerprint density at radius 2 is 2.17 bits per heavy atom. The highest BCUT2D eigenvalue weighted by Crippen LogP contribution is 2.22. The maximum atomic E-state index is 12.5. The molecular formula is C19H26N9O2+. The fraction of sp³-hybridized carbons (Fsp3) is 0.316. The third kappa shape index (κ3) is 5.27. The summed E-state index contributed by atoms with van der Waals surface area (Å²) in [6.07, 6.45) is 6.31. The predicted octanol–water partition coefficient (Wildman–Crippen LogP) is 0.124. The third-order valence-corrected chi connectivity index (χ3v) is 4.84. The van der Waals surface area contributed by atoms with Gasteiger partial charge >= 0.3 is 0 Å². The van der Waals surface area contributed by atoms with Crippen LogP contribution in [0.4, 0.5) is 23.1 Å². The molecule has 1 aromatic heterocycles. The molecular weight excluding hydrogens is 386 g/mol. The van der Waals surface area contributed by atoms with E-state index in [1.165, 1.54) is 6.21 Å². The largest absolute Gasteiger partial charge is 0.365 e. The molecule has 0 spiro atoms. The number of benzene rings is 1. The Kier molecular flexibility index (Phi) is 6.88. The zero-order chi connectivity index (χ0) is 21.5. The van der Waals surface area contributed by atoms with Crippen molar-refractivity contribution in [1.82, 2.24) is 9.97 Å². The average Bonchev–Trinajstić information content (AvgIpc) is 2.70. The summed E-state index contributed by atoms with van der Waals surface area (Å²) in [5.74, 6) is -0.600. The highest BCUT2D eigenvalue weighted by atomic mass is 16.2. The van der Waals surface area contributed by atoms with Crippen LogP contribution in [0, 0.1) is 5.41 Å². The van der Waals surface area contributed by atoms with Gasteiger partial charge in [0, 0.05) is 36.1 Å². The molecule has 10 N–H and O–H groups in total. The molecule has 0 saturated heterocycles. The number of hydrogen-bond donors (Lipinski definition) is 7. The number of nitrogens with zero attached hydrogens (tertiary/aromatic N) is 2. The van der Waals surface area contributed by atoms with E-state index in [9.17, 15) is 9.59 Å². The standard InChI is InChI=1S/C19H25N9O2/c20-8-9-23-28-12-5-3-4-11(10-12)24-17-15(16(22)29)18(30)27-19(26-17)25-14-7-2-1-6-13(14)21/h3-5,8-10,13-14,20,28H,1-2,6-7,21H2,(H2,22,29)(H3,24,25,26,27,30)/p+1/b20-8?,23-9-/t13-,14+/m0/s1. The van der Waals surface area contributed by atoms with E-state index in [0.717, 1.165) is 37.6 Å². The van der Waals surface area contributed by atoms with Crippen LogP contribution in [0.3, 0.4) is 0 Å². The van der Waals surface area contributed by atoms with Gasteiger partial charge in [0.1, 0.15) is 11.8 Å². The molecule has 0 radical (unpaired) electrons. The fourth-order valence-electron chi connectivity index (χ4n) is 3.38. The lowest BCUT2D eigenvalue weighted by molar-refractivity contribution is -0.576. The monoisotopic (exact) mass is 412 g/mol. The van der Waals surface area contributed by atoms with Gasteiger partial charge in [0.05, 0.1) is 0 Å². The Bertz CT molecular complexity index is 1000. The van der Waals surface area contributed by atoms with Crippen LogP contribution in [0.2, 0.25) is 0 Å². The first-order chi connectivity index (χ1) is 14.5. The average molecular weight is 412 g/mol. The summed E-state index contributed by atoms with van der Waals surface area (Å²) >= 11 is 0. The molecule has 2 aromatic rings. The third-order valence-electron chi connectivity index (χ3n) is 4.84. The topological polar surface area (TPSA) is 192 Å². The second-order valence-electron chi connectivity index (χ2n) is 7.05. The highest BCUT2D eigenvalue weighted by molar-refractivity contribution is 6.14. The number of hydrogen-bond acceptors (Lipinski definition) is 8. The predicted molar refractivity (Wildman–Crippen MR) is 116 cm³/mol. The van der Waals surface area contributed by atoms with E-state index in [2.05, 4.69) is 25.7 Å². The minimum absolute atomic E-state index is 0.0150. The number of nitrogens with one attached hydrogen (secondary N) is 4. The number of carbonyl (C=O) groups is 1. The molecule has 30 heavy (non-hydrogen) atoms. The second kappa shape index (κ2) is 9.76. The zero-order valence-electron chi connectivity index (χ0n) is 16.4. The Morgan fingerprint density at radius 3 is 2.90 bits per heavy atom. The number of anilines is 3. The first-order valence-corrected chi connectivity index (χ1v) is 9.66. The lowest BCUT2D eigenvalue weighted by Crippen LogP contribution is -2.71. The van der Waals surface area contributed by atoms with Crippen molar-refractivity contribution in [3.63, 3.8) is 0 Å². The molecule has 1 aliphatic rings. The molecule has 1 aromatic carbocycles. The number of carbonyl (C=O) groups excluding carboxylic acids is 1. The van der Waals surface area contributed by atoms with Crippen LogP contribution in [-0.4, -0.2) is 40.4 Å². The molecule has 2 atom stereocenters. The Hall–Kier alpha value is -3.57. The Balaban J connectivity index is 1.88. The Morgan fingerprint density at radius 1 is 1.37 bits per heavy atom. The number of primary amides is 1. The van der Waals surface area contributed by atoms with Crippen molar-refractivity contribution in [2.45, 2.75) is 37.8 Å². The molecule has 1 fully saturated rings. The lowest BCUT2D eigenvalue weighted by atomic mass is 9.91. The van der Waals surface area contributed by atoms with E-state index in [1.807, 2.05) is 6.07 Å². The summed E-state index contributed by atoms with van der Waals surface area (Å²) < 4.78 is 0. The first-order valence-electron chi connectivity index (χ1n) is 9.66. The maximum Gasteiger partial charge on any atom is 0.267 e. The summed E-state index contributed by atoms with van der Waals surface area (Å²) in [5, 5.41) is 17.1. The molecule has 1 amide bonds. The van der Waals surface area contributed by atoms with E-state index < -0.39 is 11.5 Å². The molecule has 11 nitrogen and oxygen atoms in total. The van der Waals surface area contributed by atoms with Crippen LogP contribution >= 0.6 is 0 Å². The van der Waals surface area contributed by atoms with Crippen molar-refractivity contribution < 1.29 is 10.2 Å². The smallest absolute Gasteiger partial charge is 0.267 e. The maximum absolute atomic E-state index is 12.5. The van der Waals surface area contributed by atoms with Crippen molar-refractivity contribution in [2.24, 2.45) is 16.6 Å². The van der Waals surface area contributed by atoms with Gasteiger partial charge < -0.3 is 27.5 Å². The van der Waals surface area contributed by atoms with Crippen LogP contribution in [0.1, 0.15) is 36.0 Å². The highest BCUT2D eigenvalue weighted by Gasteiger charge is 2.24. The lowest BCUT2D eigenvalue weighted by Gasteiger charge is -2.29. The summed E-state index contributed by atoms with van der Waals surface area (Å²) in [4.78, 5) is 31.3. The van der Waals surface area contributed by atoms with Crippen LogP contribution in [0.25, 0.3) is 0 Å². The van der Waals surface area contributed by atoms with Crippen molar-refractivity contribution in [1.29, 1.82) is 5.41 Å². The van der Waals surface area contributed by atoms with Gasteiger partial charge in [-0.1, -0.05) is 24.0 Å². The van der Waals surface area contributed by atoms with Crippen molar-refractivity contribution >= 4 is 41.5 Å². The van der Waals surface area contributed by atoms with Crippen molar-refractivity contribution in [3.8, 4) is 0 Å². The van der Waals surface area contributed by atoms with Gasteiger partial charge in [-0.3, -0.25) is 14.6 Å². The van der Waals surface area contributed by atoms with Crippen molar-refractivity contribution in [3.05, 3.63) is 40.2 Å². The van der Waals surface area contributed by atoms with Gasteiger partial charge in [0.25, 0.3) is 11.5 Å². The molecule has 1 aliphatic carbocycles. The molecule has 1 heterocycles. The number of rotatable bonds is 8. The second-order valence-corrected chi connectivity index (χ2v) is 7.05. The quantitative estimate of drug-likeness (QED) is 0.139. The van der Waals surface area contributed by atoms with E-state index in [4.69, 9.17) is 16.9 Å². The number of aromatic nitrogens is 2. The molecule has 0 unspecified atom stereocenters. The van der Waals surface area contributed by atoms with Gasteiger partial charge in [0.15, 0.2) is 11.5 Å².